The highest BCUT2D eigenvalue weighted by Crippen LogP contribution is 2.66. The highest BCUT2D eigenvalue weighted by atomic mass is 32.2. The first-order valence-corrected chi connectivity index (χ1v) is 10.5. The van der Waals surface area contributed by atoms with E-state index in [1.807, 2.05) is 0 Å². The maximum absolute atomic E-state index is 6.38. The Morgan fingerprint density at radius 3 is 1.53 bits per heavy atom. The van der Waals surface area contributed by atoms with Crippen LogP contribution in [0.2, 0.25) is 0 Å². The Kier molecular flexibility index (Phi) is 3.17. The van der Waals surface area contributed by atoms with Crippen LogP contribution < -0.4 is 0 Å². The second-order valence-corrected chi connectivity index (χ2v) is 11.5. The highest BCUT2D eigenvalue weighted by Gasteiger charge is 2.64. The quantitative estimate of drug-likeness (QED) is 0.767. The number of ether oxygens (including phenoxy) is 1. The minimum atomic E-state index is 0.492. The van der Waals surface area contributed by atoms with E-state index in [0.717, 1.165) is 0 Å². The molecule has 0 N–H and O–H groups in total. The molecule has 2 atom stereocenters. The third kappa shape index (κ3) is 2.18. The van der Waals surface area contributed by atoms with Crippen LogP contribution in [0, 0.1) is 0 Å². The van der Waals surface area contributed by atoms with E-state index in [9.17, 15) is 0 Å². The largest absolute Gasteiger partial charge is 0.370 e. The van der Waals surface area contributed by atoms with E-state index in [4.69, 9.17) is 4.74 Å². The standard InChI is InChI=1S/C12H18OS4/c1-3-14-11(15-4-1)7-9(11)13-10-8-12(10)16-5-2-6-17-12/h9-10H,1-8H2/t9-,10-/m1/s1. The fraction of sp³-hybridized carbons (Fsp3) is 1.00. The Balaban J connectivity index is 1.32. The Hall–Kier alpha value is 1.36. The van der Waals surface area contributed by atoms with E-state index < -0.39 is 0 Å². The third-order valence-electron chi connectivity index (χ3n) is 3.89. The lowest BCUT2D eigenvalue weighted by molar-refractivity contribution is 0.103. The van der Waals surface area contributed by atoms with Crippen molar-refractivity contribution in [3.05, 3.63) is 0 Å². The molecule has 4 aliphatic rings. The van der Waals surface area contributed by atoms with Gasteiger partial charge in [0.1, 0.15) is 0 Å². The monoisotopic (exact) mass is 306 g/mol. The van der Waals surface area contributed by atoms with Crippen LogP contribution >= 0.6 is 47.0 Å². The molecule has 0 aromatic carbocycles. The lowest BCUT2D eigenvalue weighted by atomic mass is 10.6. The summed E-state index contributed by atoms with van der Waals surface area (Å²) in [6, 6.07) is 0. The molecule has 0 bridgehead atoms. The van der Waals surface area contributed by atoms with Crippen LogP contribution in [-0.4, -0.2) is 43.4 Å². The van der Waals surface area contributed by atoms with E-state index in [-0.39, 0.29) is 0 Å². The zero-order valence-electron chi connectivity index (χ0n) is 9.85. The van der Waals surface area contributed by atoms with E-state index in [1.54, 1.807) is 0 Å². The van der Waals surface area contributed by atoms with E-state index in [0.29, 0.717) is 20.4 Å². The number of hydrogen-bond donors (Lipinski definition) is 0. The molecule has 0 unspecified atom stereocenters. The second kappa shape index (κ2) is 4.44. The van der Waals surface area contributed by atoms with Crippen molar-refractivity contribution in [2.75, 3.05) is 23.0 Å². The minimum absolute atomic E-state index is 0.492. The molecule has 0 aromatic rings. The SMILES string of the molecule is C1CSC2(C[C@H]2O[C@@H]2CC23SCCCS3)SC1. The minimum Gasteiger partial charge on any atom is -0.370 e. The Morgan fingerprint density at radius 2 is 1.12 bits per heavy atom. The molecule has 96 valence electrons. The van der Waals surface area contributed by atoms with Crippen molar-refractivity contribution < 1.29 is 4.74 Å². The molecule has 2 aliphatic carbocycles. The van der Waals surface area contributed by atoms with Gasteiger partial charge in [0.15, 0.2) is 0 Å². The summed E-state index contributed by atoms with van der Waals surface area (Å²) >= 11 is 8.68. The summed E-state index contributed by atoms with van der Waals surface area (Å²) in [5, 5.41) is 0. The molecule has 0 amide bonds. The molecule has 2 saturated heterocycles. The molecule has 5 heteroatoms. The summed E-state index contributed by atoms with van der Waals surface area (Å²) in [4.78, 5) is 0. The molecule has 1 nitrogen and oxygen atoms in total. The Morgan fingerprint density at radius 1 is 0.706 bits per heavy atom. The van der Waals surface area contributed by atoms with Gasteiger partial charge in [-0.15, -0.1) is 47.0 Å². The predicted octanol–water partition coefficient (Wildman–Crippen LogP) is 3.68. The molecule has 0 radical (unpaired) electrons. The first-order valence-electron chi connectivity index (χ1n) is 6.54. The van der Waals surface area contributed by atoms with Gasteiger partial charge in [-0.3, -0.25) is 0 Å². The molecule has 2 spiro atoms. The fourth-order valence-electron chi connectivity index (χ4n) is 2.69. The molecule has 2 saturated carbocycles. The van der Waals surface area contributed by atoms with Gasteiger partial charge in [-0.25, -0.2) is 0 Å². The van der Waals surface area contributed by atoms with Crippen molar-refractivity contribution in [2.45, 2.75) is 46.0 Å². The third-order valence-corrected chi connectivity index (χ3v) is 11.0. The van der Waals surface area contributed by atoms with Gasteiger partial charge in [-0.05, 0) is 35.9 Å². The van der Waals surface area contributed by atoms with Crippen molar-refractivity contribution in [1.29, 1.82) is 0 Å². The van der Waals surface area contributed by atoms with Crippen molar-refractivity contribution in [1.82, 2.24) is 0 Å². The molecule has 2 aliphatic heterocycles. The van der Waals surface area contributed by atoms with Crippen LogP contribution in [0.4, 0.5) is 0 Å². The summed E-state index contributed by atoms with van der Waals surface area (Å²) in [7, 11) is 0. The van der Waals surface area contributed by atoms with Gasteiger partial charge in [0.2, 0.25) is 0 Å². The average molecular weight is 307 g/mol. The predicted molar refractivity (Wildman–Crippen MR) is 82.4 cm³/mol. The number of hydrogen-bond acceptors (Lipinski definition) is 5. The van der Waals surface area contributed by atoms with Gasteiger partial charge in [0.05, 0.1) is 20.4 Å². The van der Waals surface area contributed by atoms with E-state index >= 15 is 0 Å². The van der Waals surface area contributed by atoms with Gasteiger partial charge in [0.25, 0.3) is 0 Å². The topological polar surface area (TPSA) is 9.23 Å². The van der Waals surface area contributed by atoms with E-state index in [2.05, 4.69) is 47.0 Å². The molecule has 4 fully saturated rings. The summed E-state index contributed by atoms with van der Waals surface area (Å²) in [5.74, 6) is 5.41. The molecule has 4 rings (SSSR count). The zero-order chi connectivity index (χ0) is 11.3. The van der Waals surface area contributed by atoms with Gasteiger partial charge in [0, 0.05) is 12.8 Å². The maximum Gasteiger partial charge on any atom is 0.0897 e. The number of thioether (sulfide) groups is 4. The maximum atomic E-state index is 6.38. The highest BCUT2D eigenvalue weighted by molar-refractivity contribution is 8.19. The van der Waals surface area contributed by atoms with Crippen molar-refractivity contribution in [2.24, 2.45) is 0 Å². The summed E-state index contributed by atoms with van der Waals surface area (Å²) in [5.41, 5.74) is 0. The van der Waals surface area contributed by atoms with E-state index in [1.165, 1.54) is 48.7 Å². The first-order chi connectivity index (χ1) is 8.33. The second-order valence-electron chi connectivity index (χ2n) is 5.25. The first kappa shape index (κ1) is 12.1. The van der Waals surface area contributed by atoms with Crippen LogP contribution in [0.15, 0.2) is 0 Å². The van der Waals surface area contributed by atoms with Crippen molar-refractivity contribution >= 4 is 47.0 Å². The van der Waals surface area contributed by atoms with Gasteiger partial charge in [-0.2, -0.15) is 0 Å². The van der Waals surface area contributed by atoms with Gasteiger partial charge in [-0.1, -0.05) is 0 Å². The van der Waals surface area contributed by atoms with Crippen molar-refractivity contribution in [3.8, 4) is 0 Å². The smallest absolute Gasteiger partial charge is 0.0897 e. The number of rotatable bonds is 2. The Labute approximate surface area is 120 Å². The zero-order valence-corrected chi connectivity index (χ0v) is 13.1. The van der Waals surface area contributed by atoms with Crippen LogP contribution in [0.1, 0.15) is 25.7 Å². The summed E-state index contributed by atoms with van der Waals surface area (Å²) in [6.07, 6.45) is 6.55. The van der Waals surface area contributed by atoms with Crippen LogP contribution in [0.5, 0.6) is 0 Å². The molecular weight excluding hydrogens is 288 g/mol. The van der Waals surface area contributed by atoms with Gasteiger partial charge >= 0.3 is 0 Å². The van der Waals surface area contributed by atoms with Crippen LogP contribution in [0.3, 0.4) is 0 Å². The summed E-state index contributed by atoms with van der Waals surface area (Å²) < 4.78 is 7.36. The molecule has 17 heavy (non-hydrogen) atoms. The average Bonchev–Trinajstić information content (AvgIpc) is 3.22. The lowest BCUT2D eigenvalue weighted by Gasteiger charge is -2.23. The molecule has 2 heterocycles. The summed E-state index contributed by atoms with van der Waals surface area (Å²) in [6.45, 7) is 0. The van der Waals surface area contributed by atoms with Crippen LogP contribution in [0.25, 0.3) is 0 Å². The van der Waals surface area contributed by atoms with Gasteiger partial charge < -0.3 is 4.74 Å². The molecular formula is C12H18OS4. The molecule has 0 aromatic heterocycles. The lowest BCUT2D eigenvalue weighted by Crippen LogP contribution is -2.19. The fourth-order valence-corrected chi connectivity index (χ4v) is 9.30. The van der Waals surface area contributed by atoms with Crippen LogP contribution in [-0.2, 0) is 4.74 Å². The normalized spacial score (nSPS) is 41.6. The Bertz CT molecular complexity index is 280. The van der Waals surface area contributed by atoms with Crippen molar-refractivity contribution in [3.63, 3.8) is 0 Å².